The number of hydrogen-bond acceptors (Lipinski definition) is 2. The van der Waals surface area contributed by atoms with Crippen molar-refractivity contribution in [1.82, 2.24) is 4.90 Å². The quantitative estimate of drug-likeness (QED) is 0.678. The van der Waals surface area contributed by atoms with Crippen molar-refractivity contribution in [2.75, 3.05) is 13.1 Å². The zero-order valence-corrected chi connectivity index (χ0v) is 12.1. The van der Waals surface area contributed by atoms with E-state index in [1.807, 2.05) is 13.8 Å². The van der Waals surface area contributed by atoms with Gasteiger partial charge < -0.3 is 20.8 Å². The van der Waals surface area contributed by atoms with Crippen LogP contribution >= 0.6 is 36.0 Å². The summed E-state index contributed by atoms with van der Waals surface area (Å²) in [6.07, 6.45) is 0. The first-order valence-electron chi connectivity index (χ1n) is 4.46. The van der Waals surface area contributed by atoms with E-state index in [-0.39, 0.29) is 5.17 Å². The summed E-state index contributed by atoms with van der Waals surface area (Å²) in [7, 11) is 0. The fourth-order valence-electron chi connectivity index (χ4n) is 0.494. The molecule has 0 atom stereocenters. The summed E-state index contributed by atoms with van der Waals surface area (Å²) in [4.78, 5) is 1.70. The minimum absolute atomic E-state index is 0.00463. The molecule has 16 heavy (non-hydrogen) atoms. The Balaban J connectivity index is -0.000000179. The van der Waals surface area contributed by atoms with E-state index >= 15 is 0 Å². The summed E-state index contributed by atoms with van der Waals surface area (Å²) < 4.78 is 0. The van der Waals surface area contributed by atoms with E-state index < -0.39 is 5.17 Å². The van der Waals surface area contributed by atoms with Gasteiger partial charge in [0.25, 0.3) is 10.3 Å². The molecular formula is C9H19ClN2O2S2. The molecule has 4 nitrogen and oxygen atoms in total. The molecular weight excluding hydrogens is 268 g/mol. The average molecular weight is 287 g/mol. The van der Waals surface area contributed by atoms with Gasteiger partial charge in [0, 0.05) is 18.1 Å². The maximum atomic E-state index is 8.67. The lowest BCUT2D eigenvalue weighted by molar-refractivity contribution is 0.371. The molecule has 7 heteroatoms. The van der Waals surface area contributed by atoms with Crippen LogP contribution in [0.15, 0.2) is 11.6 Å². The molecule has 0 aliphatic carbocycles. The van der Waals surface area contributed by atoms with Crippen molar-refractivity contribution in [2.24, 2.45) is 5.73 Å². The number of hydrogen-bond donors (Lipinski definition) is 3. The Hall–Kier alpha value is -0.590. The van der Waals surface area contributed by atoms with Crippen molar-refractivity contribution in [3.8, 4) is 0 Å². The third kappa shape index (κ3) is 37.6. The van der Waals surface area contributed by atoms with Gasteiger partial charge in [-0.1, -0.05) is 18.2 Å². The van der Waals surface area contributed by atoms with E-state index in [4.69, 9.17) is 21.8 Å². The third-order valence-electron chi connectivity index (χ3n) is 1.03. The molecule has 0 rings (SSSR count). The van der Waals surface area contributed by atoms with Crippen LogP contribution in [-0.2, 0) is 0 Å². The molecule has 4 N–H and O–H groups in total. The Morgan fingerprint density at radius 3 is 1.50 bits per heavy atom. The molecule has 0 spiro atoms. The number of rotatable bonds is 2. The highest BCUT2D eigenvalue weighted by molar-refractivity contribution is 7.80. The second-order valence-electron chi connectivity index (χ2n) is 2.47. The summed E-state index contributed by atoms with van der Waals surface area (Å²) in [6, 6.07) is 0. The molecule has 0 amide bonds. The molecule has 0 aromatic rings. The number of thiocarbonyl (C=S) groups is 2. The van der Waals surface area contributed by atoms with Crippen molar-refractivity contribution in [2.45, 2.75) is 20.8 Å². The van der Waals surface area contributed by atoms with Gasteiger partial charge in [-0.2, -0.15) is 0 Å². The number of nitrogens with two attached hydrogens (primary N) is 1. The highest BCUT2D eigenvalue weighted by Crippen LogP contribution is 1.87. The SMILES string of the molecule is C=C(C)Cl.CCN(CC)C(O)=S.NC(O)=S. The van der Waals surface area contributed by atoms with E-state index in [2.05, 4.69) is 36.7 Å². The maximum Gasteiger partial charge on any atom is 0.256 e. The summed E-state index contributed by atoms with van der Waals surface area (Å²) in [5.74, 6) is 0. The number of aliphatic hydroxyl groups excluding tert-OH is 2. The second kappa shape index (κ2) is 14.4. The molecule has 0 saturated carbocycles. The zero-order chi connectivity index (χ0) is 13.7. The first-order chi connectivity index (χ1) is 7.18. The van der Waals surface area contributed by atoms with Crippen LogP contribution < -0.4 is 5.73 Å². The van der Waals surface area contributed by atoms with Gasteiger partial charge in [-0.3, -0.25) is 0 Å². The zero-order valence-electron chi connectivity index (χ0n) is 9.73. The lowest BCUT2D eigenvalue weighted by Crippen LogP contribution is -2.28. The van der Waals surface area contributed by atoms with E-state index in [1.54, 1.807) is 11.8 Å². The van der Waals surface area contributed by atoms with Gasteiger partial charge in [0.15, 0.2) is 0 Å². The number of halogens is 1. The van der Waals surface area contributed by atoms with Crippen molar-refractivity contribution < 1.29 is 10.2 Å². The molecule has 0 radical (unpaired) electrons. The highest BCUT2D eigenvalue weighted by atomic mass is 35.5. The van der Waals surface area contributed by atoms with Gasteiger partial charge in [-0.05, 0) is 45.2 Å². The third-order valence-corrected chi connectivity index (χ3v) is 1.29. The van der Waals surface area contributed by atoms with Crippen LogP contribution in [0.4, 0.5) is 0 Å². The number of aliphatic hydroxyl groups is 2. The first-order valence-corrected chi connectivity index (χ1v) is 5.65. The molecule has 0 unspecified atom stereocenters. The van der Waals surface area contributed by atoms with Crippen LogP contribution in [-0.4, -0.2) is 38.6 Å². The van der Waals surface area contributed by atoms with E-state index in [0.717, 1.165) is 13.1 Å². The molecule has 0 fully saturated rings. The lowest BCUT2D eigenvalue weighted by Gasteiger charge is -2.15. The Kier molecular flexibility index (Phi) is 18.7. The molecule has 0 aromatic carbocycles. The van der Waals surface area contributed by atoms with E-state index in [1.165, 1.54) is 0 Å². The predicted molar refractivity (Wildman–Crippen MR) is 78.2 cm³/mol. The van der Waals surface area contributed by atoms with Crippen molar-refractivity contribution in [3.05, 3.63) is 11.6 Å². The summed E-state index contributed by atoms with van der Waals surface area (Å²) in [6.45, 7) is 10.5. The summed E-state index contributed by atoms with van der Waals surface area (Å²) >= 11 is 13.4. The highest BCUT2D eigenvalue weighted by Gasteiger charge is 1.98. The lowest BCUT2D eigenvalue weighted by atomic mass is 10.6. The van der Waals surface area contributed by atoms with Crippen LogP contribution in [0.3, 0.4) is 0 Å². The maximum absolute atomic E-state index is 8.67. The van der Waals surface area contributed by atoms with Gasteiger partial charge >= 0.3 is 0 Å². The molecule has 0 aromatic heterocycles. The van der Waals surface area contributed by atoms with E-state index in [9.17, 15) is 0 Å². The summed E-state index contributed by atoms with van der Waals surface area (Å²) in [5.41, 5.74) is 4.40. The molecule has 96 valence electrons. The fourth-order valence-corrected chi connectivity index (χ4v) is 0.752. The number of allylic oxidation sites excluding steroid dienone is 1. The predicted octanol–water partition coefficient (Wildman–Crippen LogP) is 2.72. The Bertz CT molecular complexity index is 202. The standard InChI is InChI=1S/C5H11NOS.C3H5Cl.CH3NOS/c1-3-6(4-2)5(7)8;1-3(2)4;2-1(3)4/h3-4H2,1-2H3,(H,7,8);1H2,2H3;(H3,2,3,4). The van der Waals surface area contributed by atoms with Gasteiger partial charge in [0.1, 0.15) is 0 Å². The second-order valence-corrected chi connectivity index (χ2v) is 3.90. The molecule has 0 aliphatic rings. The fraction of sp³-hybridized carbons (Fsp3) is 0.556. The molecule has 0 saturated heterocycles. The largest absolute Gasteiger partial charge is 0.487 e. The minimum atomic E-state index is -0.500. The normalized spacial score (nSPS) is 7.50. The Morgan fingerprint density at radius 2 is 1.50 bits per heavy atom. The van der Waals surface area contributed by atoms with E-state index in [0.29, 0.717) is 5.03 Å². The van der Waals surface area contributed by atoms with Crippen molar-refractivity contribution in [3.63, 3.8) is 0 Å². The Morgan fingerprint density at radius 1 is 1.31 bits per heavy atom. The van der Waals surface area contributed by atoms with Crippen LogP contribution in [0.2, 0.25) is 0 Å². The monoisotopic (exact) mass is 286 g/mol. The minimum Gasteiger partial charge on any atom is -0.487 e. The van der Waals surface area contributed by atoms with Crippen molar-refractivity contribution in [1.29, 1.82) is 0 Å². The van der Waals surface area contributed by atoms with Gasteiger partial charge in [0.2, 0.25) is 0 Å². The van der Waals surface area contributed by atoms with Crippen LogP contribution in [0.25, 0.3) is 0 Å². The molecule has 0 heterocycles. The Labute approximate surface area is 113 Å². The smallest absolute Gasteiger partial charge is 0.256 e. The average Bonchev–Trinajstić information content (AvgIpc) is 2.03. The van der Waals surface area contributed by atoms with Gasteiger partial charge in [-0.25, -0.2) is 0 Å². The molecule has 0 aliphatic heterocycles. The van der Waals surface area contributed by atoms with Gasteiger partial charge in [0.05, 0.1) is 0 Å². The first kappa shape index (κ1) is 20.8. The summed E-state index contributed by atoms with van der Waals surface area (Å²) in [5, 5.41) is 16.4. The molecule has 0 bridgehead atoms. The van der Waals surface area contributed by atoms with Crippen LogP contribution in [0, 0.1) is 0 Å². The topological polar surface area (TPSA) is 69.7 Å². The van der Waals surface area contributed by atoms with Crippen LogP contribution in [0.1, 0.15) is 20.8 Å². The van der Waals surface area contributed by atoms with Crippen molar-refractivity contribution >= 4 is 46.4 Å². The van der Waals surface area contributed by atoms with Crippen LogP contribution in [0.5, 0.6) is 0 Å². The van der Waals surface area contributed by atoms with Gasteiger partial charge in [-0.15, -0.1) is 0 Å². The number of nitrogens with zero attached hydrogens (tertiary/aromatic N) is 1.